The molecule has 0 bridgehead atoms. The topological polar surface area (TPSA) is 12.0 Å². The van der Waals surface area contributed by atoms with E-state index in [9.17, 15) is 0 Å². The van der Waals surface area contributed by atoms with Crippen LogP contribution in [0.5, 0.6) is 0 Å². The minimum atomic E-state index is 0.915. The van der Waals surface area contributed by atoms with Crippen molar-refractivity contribution < 1.29 is 0 Å². The molecule has 0 aliphatic carbocycles. The van der Waals surface area contributed by atoms with Gasteiger partial charge >= 0.3 is 0 Å². The maximum atomic E-state index is 3.41. The van der Waals surface area contributed by atoms with Gasteiger partial charge in [-0.15, -0.1) is 11.8 Å². The molecule has 0 saturated heterocycles. The molecule has 1 rings (SSSR count). The van der Waals surface area contributed by atoms with Crippen LogP contribution in [0.25, 0.3) is 0 Å². The number of hydrogen-bond donors (Lipinski definition) is 1. The number of halogens is 1. The molecule has 0 unspecified atom stereocenters. The van der Waals surface area contributed by atoms with Crippen molar-refractivity contribution in [2.45, 2.75) is 19.9 Å². The summed E-state index contributed by atoms with van der Waals surface area (Å²) in [7, 11) is 0. The molecule has 2 heteroatoms. The SMILES string of the molecule is CC#CCCNCc1ccc(Br)cc1. The van der Waals surface area contributed by atoms with Crippen LogP contribution in [0.1, 0.15) is 18.9 Å². The summed E-state index contributed by atoms with van der Waals surface area (Å²) in [5, 5.41) is 3.34. The molecule has 0 radical (unpaired) electrons. The van der Waals surface area contributed by atoms with Crippen molar-refractivity contribution >= 4 is 15.9 Å². The molecule has 0 aromatic heterocycles. The minimum Gasteiger partial charge on any atom is -0.312 e. The van der Waals surface area contributed by atoms with Gasteiger partial charge in [0.15, 0.2) is 0 Å². The molecule has 14 heavy (non-hydrogen) atoms. The predicted molar refractivity (Wildman–Crippen MR) is 63.9 cm³/mol. The Balaban J connectivity index is 2.23. The summed E-state index contributed by atoms with van der Waals surface area (Å²) in [5.74, 6) is 5.90. The van der Waals surface area contributed by atoms with Gasteiger partial charge in [-0.3, -0.25) is 0 Å². The normalized spacial score (nSPS) is 9.29. The van der Waals surface area contributed by atoms with Gasteiger partial charge < -0.3 is 5.32 Å². The van der Waals surface area contributed by atoms with E-state index < -0.39 is 0 Å². The Labute approximate surface area is 94.0 Å². The van der Waals surface area contributed by atoms with E-state index in [0.717, 1.165) is 24.0 Å². The molecule has 1 aromatic rings. The Morgan fingerprint density at radius 3 is 2.64 bits per heavy atom. The van der Waals surface area contributed by atoms with Crippen LogP contribution < -0.4 is 5.32 Å². The molecule has 0 atom stereocenters. The van der Waals surface area contributed by atoms with Crippen LogP contribution in [-0.2, 0) is 6.54 Å². The lowest BCUT2D eigenvalue weighted by Gasteiger charge is -2.02. The third kappa shape index (κ3) is 4.45. The highest BCUT2D eigenvalue weighted by molar-refractivity contribution is 9.10. The molecule has 0 fully saturated rings. The number of rotatable bonds is 4. The van der Waals surface area contributed by atoms with E-state index in [1.165, 1.54) is 5.56 Å². The zero-order valence-corrected chi connectivity index (χ0v) is 9.89. The van der Waals surface area contributed by atoms with E-state index in [0.29, 0.717) is 0 Å². The van der Waals surface area contributed by atoms with Crippen LogP contribution in [0.2, 0.25) is 0 Å². The molecule has 0 spiro atoms. The highest BCUT2D eigenvalue weighted by Crippen LogP contribution is 2.09. The first-order chi connectivity index (χ1) is 6.83. The Morgan fingerprint density at radius 1 is 1.29 bits per heavy atom. The first-order valence-electron chi connectivity index (χ1n) is 4.67. The lowest BCUT2D eigenvalue weighted by molar-refractivity contribution is 0.701. The predicted octanol–water partition coefficient (Wildman–Crippen LogP) is 2.95. The summed E-state index contributed by atoms with van der Waals surface area (Å²) in [4.78, 5) is 0. The Hall–Kier alpha value is -0.780. The highest BCUT2D eigenvalue weighted by Gasteiger charge is 1.91. The van der Waals surface area contributed by atoms with Crippen LogP contribution in [0, 0.1) is 11.8 Å². The van der Waals surface area contributed by atoms with Crippen LogP contribution in [0.3, 0.4) is 0 Å². The number of hydrogen-bond acceptors (Lipinski definition) is 1. The first-order valence-corrected chi connectivity index (χ1v) is 5.47. The van der Waals surface area contributed by atoms with Crippen molar-refractivity contribution in [3.05, 3.63) is 34.3 Å². The molecule has 1 nitrogen and oxygen atoms in total. The molecule has 1 aromatic carbocycles. The zero-order chi connectivity index (χ0) is 10.2. The summed E-state index contributed by atoms with van der Waals surface area (Å²) in [5.41, 5.74) is 1.30. The summed E-state index contributed by atoms with van der Waals surface area (Å²) >= 11 is 3.41. The third-order valence-corrected chi connectivity index (χ3v) is 2.37. The lowest BCUT2D eigenvalue weighted by Crippen LogP contribution is -2.13. The van der Waals surface area contributed by atoms with Crippen molar-refractivity contribution in [3.63, 3.8) is 0 Å². The van der Waals surface area contributed by atoms with Crippen molar-refractivity contribution in [2.75, 3.05) is 6.54 Å². The van der Waals surface area contributed by atoms with Crippen molar-refractivity contribution in [1.82, 2.24) is 5.32 Å². The van der Waals surface area contributed by atoms with Gasteiger partial charge in [-0.25, -0.2) is 0 Å². The highest BCUT2D eigenvalue weighted by atomic mass is 79.9. The van der Waals surface area contributed by atoms with E-state index in [4.69, 9.17) is 0 Å². The summed E-state index contributed by atoms with van der Waals surface area (Å²) in [6.45, 7) is 3.74. The largest absolute Gasteiger partial charge is 0.312 e. The minimum absolute atomic E-state index is 0.915. The monoisotopic (exact) mass is 251 g/mol. The fraction of sp³-hybridized carbons (Fsp3) is 0.333. The van der Waals surface area contributed by atoms with Crippen LogP contribution in [0.4, 0.5) is 0 Å². The molecular formula is C12H14BrN. The summed E-state index contributed by atoms with van der Waals surface area (Å²) in [6.07, 6.45) is 0.924. The van der Waals surface area contributed by atoms with Crippen molar-refractivity contribution in [1.29, 1.82) is 0 Å². The summed E-state index contributed by atoms with van der Waals surface area (Å²) < 4.78 is 1.12. The van der Waals surface area contributed by atoms with E-state index in [1.54, 1.807) is 0 Å². The van der Waals surface area contributed by atoms with Crippen LogP contribution in [0.15, 0.2) is 28.7 Å². The number of nitrogens with one attached hydrogen (secondary N) is 1. The molecule has 74 valence electrons. The van der Waals surface area contributed by atoms with Gasteiger partial charge in [-0.05, 0) is 24.6 Å². The van der Waals surface area contributed by atoms with E-state index >= 15 is 0 Å². The van der Waals surface area contributed by atoms with Crippen molar-refractivity contribution in [2.24, 2.45) is 0 Å². The average molecular weight is 252 g/mol. The molecule has 0 aliphatic rings. The van der Waals surface area contributed by atoms with Gasteiger partial charge in [0, 0.05) is 24.0 Å². The zero-order valence-electron chi connectivity index (χ0n) is 8.31. The third-order valence-electron chi connectivity index (χ3n) is 1.85. The summed E-state index contributed by atoms with van der Waals surface area (Å²) in [6, 6.07) is 8.34. The molecule has 0 heterocycles. The van der Waals surface area contributed by atoms with Gasteiger partial charge in [0.05, 0.1) is 0 Å². The second-order valence-corrected chi connectivity index (χ2v) is 3.90. The fourth-order valence-electron chi connectivity index (χ4n) is 1.11. The van der Waals surface area contributed by atoms with Crippen molar-refractivity contribution in [3.8, 4) is 11.8 Å². The second kappa shape index (κ2) is 6.64. The Morgan fingerprint density at radius 2 is 2.00 bits per heavy atom. The van der Waals surface area contributed by atoms with E-state index in [1.807, 2.05) is 6.92 Å². The van der Waals surface area contributed by atoms with Crippen LogP contribution >= 0.6 is 15.9 Å². The second-order valence-electron chi connectivity index (χ2n) is 2.98. The molecule has 0 amide bonds. The molecule has 1 N–H and O–H groups in total. The number of benzene rings is 1. The average Bonchev–Trinajstić information content (AvgIpc) is 2.21. The lowest BCUT2D eigenvalue weighted by atomic mass is 10.2. The van der Waals surface area contributed by atoms with Gasteiger partial charge in [0.25, 0.3) is 0 Å². The molecular weight excluding hydrogens is 238 g/mol. The maximum Gasteiger partial charge on any atom is 0.0214 e. The fourth-order valence-corrected chi connectivity index (χ4v) is 1.38. The Kier molecular flexibility index (Phi) is 5.36. The van der Waals surface area contributed by atoms with E-state index in [2.05, 4.69) is 57.4 Å². The van der Waals surface area contributed by atoms with Gasteiger partial charge in [0.1, 0.15) is 0 Å². The first kappa shape index (κ1) is 11.3. The van der Waals surface area contributed by atoms with Gasteiger partial charge in [-0.2, -0.15) is 0 Å². The quantitative estimate of drug-likeness (QED) is 0.641. The van der Waals surface area contributed by atoms with Crippen LogP contribution in [-0.4, -0.2) is 6.54 Å². The maximum absolute atomic E-state index is 3.41. The Bertz CT molecular complexity index is 318. The molecule has 0 saturated carbocycles. The van der Waals surface area contributed by atoms with Gasteiger partial charge in [-0.1, -0.05) is 28.1 Å². The van der Waals surface area contributed by atoms with E-state index in [-0.39, 0.29) is 0 Å². The standard InChI is InChI=1S/C12H14BrN/c1-2-3-4-9-14-10-11-5-7-12(13)8-6-11/h5-8,14H,4,9-10H2,1H3. The molecule has 0 aliphatic heterocycles. The smallest absolute Gasteiger partial charge is 0.0214 e. The van der Waals surface area contributed by atoms with Gasteiger partial charge in [0.2, 0.25) is 0 Å².